The Bertz CT molecular complexity index is 621. The van der Waals surface area contributed by atoms with Crippen LogP contribution in [0.15, 0.2) is 24.5 Å². The van der Waals surface area contributed by atoms with Gasteiger partial charge in [-0.25, -0.2) is 9.78 Å². The molecule has 1 aliphatic rings. The smallest absolute Gasteiger partial charge is 0.338 e. The Kier molecular flexibility index (Phi) is 2.30. The summed E-state index contributed by atoms with van der Waals surface area (Å²) in [5.74, 6) is -0.778. The van der Waals surface area contributed by atoms with E-state index in [1.807, 2.05) is 0 Å². The van der Waals surface area contributed by atoms with Gasteiger partial charge in [0.2, 0.25) is 5.82 Å². The maximum absolute atomic E-state index is 11.7. The van der Waals surface area contributed by atoms with Crippen molar-refractivity contribution < 1.29 is 14.3 Å². The predicted octanol–water partition coefficient (Wildman–Crippen LogP) is 0.727. The van der Waals surface area contributed by atoms with Crippen molar-refractivity contribution in [3.63, 3.8) is 0 Å². The maximum atomic E-state index is 11.7. The molecule has 3 rings (SSSR count). The molecule has 0 spiro atoms. The number of nitrogens with one attached hydrogen (secondary N) is 2. The standard InChI is InChI=1S/C11H8N4O3/c16-10(9-12-5-13-15-9)14-7-2-1-6-4-18-11(17)8(6)3-7/h1-3,5H,4H2,(H,14,16)(H,12,13,15). The molecule has 0 fully saturated rings. The molecule has 7 heteroatoms. The van der Waals surface area contributed by atoms with Crippen LogP contribution in [0.5, 0.6) is 0 Å². The van der Waals surface area contributed by atoms with Crippen LogP contribution in [-0.4, -0.2) is 27.1 Å². The van der Waals surface area contributed by atoms with E-state index in [1.54, 1.807) is 18.2 Å². The van der Waals surface area contributed by atoms with Gasteiger partial charge in [0, 0.05) is 11.3 Å². The normalized spacial score (nSPS) is 13.0. The molecule has 0 unspecified atom stereocenters. The quantitative estimate of drug-likeness (QED) is 0.759. The Balaban J connectivity index is 1.84. The third-order valence-electron chi connectivity index (χ3n) is 2.56. The van der Waals surface area contributed by atoms with Gasteiger partial charge in [-0.1, -0.05) is 6.07 Å². The molecule has 7 nitrogen and oxygen atoms in total. The summed E-state index contributed by atoms with van der Waals surface area (Å²) >= 11 is 0. The number of hydrogen-bond acceptors (Lipinski definition) is 5. The van der Waals surface area contributed by atoms with Crippen molar-refractivity contribution in [3.8, 4) is 0 Å². The SMILES string of the molecule is O=C(Nc1ccc2c(c1)C(=O)OC2)c1nc[nH]n1. The number of hydrogen-bond donors (Lipinski definition) is 2. The molecule has 90 valence electrons. The van der Waals surface area contributed by atoms with Crippen LogP contribution in [0, 0.1) is 0 Å². The summed E-state index contributed by atoms with van der Waals surface area (Å²) in [6.07, 6.45) is 1.31. The topological polar surface area (TPSA) is 97.0 Å². The number of nitrogens with zero attached hydrogens (tertiary/aromatic N) is 2. The molecule has 0 aliphatic carbocycles. The number of fused-ring (bicyclic) bond motifs is 1. The largest absolute Gasteiger partial charge is 0.457 e. The lowest BCUT2D eigenvalue weighted by Gasteiger charge is -2.03. The third kappa shape index (κ3) is 1.71. The van der Waals surface area contributed by atoms with Gasteiger partial charge in [0.15, 0.2) is 0 Å². The zero-order valence-electron chi connectivity index (χ0n) is 9.14. The Labute approximate surface area is 101 Å². The second-order valence-corrected chi connectivity index (χ2v) is 3.72. The first-order valence-electron chi connectivity index (χ1n) is 5.21. The summed E-state index contributed by atoms with van der Waals surface area (Å²) in [6.45, 7) is 0.281. The summed E-state index contributed by atoms with van der Waals surface area (Å²) < 4.78 is 4.87. The van der Waals surface area contributed by atoms with Crippen LogP contribution in [0.4, 0.5) is 5.69 Å². The number of carbonyl (C=O) groups excluding carboxylic acids is 2. The predicted molar refractivity (Wildman–Crippen MR) is 59.9 cm³/mol. The molecule has 2 aromatic rings. The number of amides is 1. The Morgan fingerprint density at radius 3 is 3.11 bits per heavy atom. The summed E-state index contributed by atoms with van der Waals surface area (Å²) in [6, 6.07) is 5.02. The highest BCUT2D eigenvalue weighted by Crippen LogP contribution is 2.23. The number of H-pyrrole nitrogens is 1. The number of cyclic esters (lactones) is 1. The lowest BCUT2D eigenvalue weighted by Crippen LogP contribution is -2.14. The van der Waals surface area contributed by atoms with Crippen LogP contribution in [0.3, 0.4) is 0 Å². The van der Waals surface area contributed by atoms with Gasteiger partial charge in [0.25, 0.3) is 5.91 Å². The Morgan fingerprint density at radius 2 is 2.33 bits per heavy atom. The molecule has 0 radical (unpaired) electrons. The zero-order valence-corrected chi connectivity index (χ0v) is 9.14. The summed E-state index contributed by atoms with van der Waals surface area (Å²) in [4.78, 5) is 26.8. The van der Waals surface area contributed by atoms with Crippen molar-refractivity contribution in [1.82, 2.24) is 15.2 Å². The fourth-order valence-electron chi connectivity index (χ4n) is 1.70. The number of esters is 1. The molecule has 18 heavy (non-hydrogen) atoms. The average molecular weight is 244 g/mol. The minimum absolute atomic E-state index is 0.0399. The van der Waals surface area contributed by atoms with Crippen LogP contribution in [-0.2, 0) is 11.3 Å². The van der Waals surface area contributed by atoms with E-state index in [9.17, 15) is 9.59 Å². The molecule has 0 saturated carbocycles. The van der Waals surface area contributed by atoms with E-state index in [1.165, 1.54) is 6.33 Å². The second kappa shape index (κ2) is 3.95. The fourth-order valence-corrected chi connectivity index (χ4v) is 1.70. The van der Waals surface area contributed by atoms with Gasteiger partial charge >= 0.3 is 5.97 Å². The highest BCUT2D eigenvalue weighted by atomic mass is 16.5. The van der Waals surface area contributed by atoms with E-state index in [4.69, 9.17) is 4.74 Å². The summed E-state index contributed by atoms with van der Waals surface area (Å²) in [7, 11) is 0. The molecule has 1 aromatic heterocycles. The number of rotatable bonds is 2. The van der Waals surface area contributed by atoms with Gasteiger partial charge in [-0.15, -0.1) is 5.10 Å². The first kappa shape index (κ1) is 10.5. The molecule has 0 bridgehead atoms. The molecule has 2 heterocycles. The van der Waals surface area contributed by atoms with Crippen LogP contribution >= 0.6 is 0 Å². The highest BCUT2D eigenvalue weighted by Gasteiger charge is 2.21. The third-order valence-corrected chi connectivity index (χ3v) is 2.56. The van der Waals surface area contributed by atoms with Crippen molar-refractivity contribution in [1.29, 1.82) is 0 Å². The van der Waals surface area contributed by atoms with Crippen LogP contribution in [0.1, 0.15) is 26.5 Å². The number of anilines is 1. The number of benzene rings is 1. The lowest BCUT2D eigenvalue weighted by molar-refractivity contribution is 0.0535. The number of aromatic nitrogens is 3. The maximum Gasteiger partial charge on any atom is 0.338 e. The monoisotopic (exact) mass is 244 g/mol. The van der Waals surface area contributed by atoms with Crippen molar-refractivity contribution in [2.24, 2.45) is 0 Å². The zero-order chi connectivity index (χ0) is 12.5. The molecule has 1 aromatic carbocycles. The lowest BCUT2D eigenvalue weighted by atomic mass is 10.1. The average Bonchev–Trinajstić information content (AvgIpc) is 3.00. The van der Waals surface area contributed by atoms with E-state index in [0.717, 1.165) is 5.56 Å². The molecular formula is C11H8N4O3. The van der Waals surface area contributed by atoms with Crippen LogP contribution in [0.25, 0.3) is 0 Å². The van der Waals surface area contributed by atoms with E-state index in [2.05, 4.69) is 20.5 Å². The van der Waals surface area contributed by atoms with E-state index in [-0.39, 0.29) is 18.4 Å². The van der Waals surface area contributed by atoms with Gasteiger partial charge in [0.1, 0.15) is 12.9 Å². The van der Waals surface area contributed by atoms with Gasteiger partial charge in [0.05, 0.1) is 5.56 Å². The van der Waals surface area contributed by atoms with E-state index >= 15 is 0 Å². The van der Waals surface area contributed by atoms with Crippen molar-refractivity contribution in [3.05, 3.63) is 41.5 Å². The summed E-state index contributed by atoms with van der Waals surface area (Å²) in [5.41, 5.74) is 1.79. The van der Waals surface area contributed by atoms with E-state index in [0.29, 0.717) is 11.3 Å². The van der Waals surface area contributed by atoms with Crippen LogP contribution < -0.4 is 5.32 Å². The first-order valence-corrected chi connectivity index (χ1v) is 5.21. The first-order chi connectivity index (χ1) is 8.74. The Hall–Kier alpha value is -2.70. The van der Waals surface area contributed by atoms with Gasteiger partial charge in [-0.3, -0.25) is 9.89 Å². The second-order valence-electron chi connectivity index (χ2n) is 3.72. The molecule has 2 N–H and O–H groups in total. The highest BCUT2D eigenvalue weighted by molar-refractivity contribution is 6.02. The number of carbonyl (C=O) groups is 2. The van der Waals surface area contributed by atoms with Crippen molar-refractivity contribution >= 4 is 17.6 Å². The van der Waals surface area contributed by atoms with Crippen molar-refractivity contribution in [2.75, 3.05) is 5.32 Å². The van der Waals surface area contributed by atoms with Gasteiger partial charge in [-0.2, -0.15) is 0 Å². The minimum Gasteiger partial charge on any atom is -0.457 e. The van der Waals surface area contributed by atoms with Gasteiger partial charge < -0.3 is 10.1 Å². The Morgan fingerprint density at radius 1 is 1.44 bits per heavy atom. The molecule has 0 atom stereocenters. The molecular weight excluding hydrogens is 236 g/mol. The molecule has 1 amide bonds. The van der Waals surface area contributed by atoms with Crippen LogP contribution in [0.2, 0.25) is 0 Å². The van der Waals surface area contributed by atoms with Gasteiger partial charge in [-0.05, 0) is 12.1 Å². The number of ether oxygens (including phenoxy) is 1. The summed E-state index contributed by atoms with van der Waals surface area (Å²) in [5, 5.41) is 8.71. The fraction of sp³-hybridized carbons (Fsp3) is 0.0909. The van der Waals surface area contributed by atoms with Crippen molar-refractivity contribution in [2.45, 2.75) is 6.61 Å². The van der Waals surface area contributed by atoms with E-state index < -0.39 is 5.91 Å². The number of aromatic amines is 1. The minimum atomic E-state index is -0.442. The molecule has 0 saturated heterocycles. The molecule has 1 aliphatic heterocycles.